The number of carbonyl (C=O) groups is 19. The Labute approximate surface area is 771 Å². The molecule has 1 saturated heterocycles. The first-order valence-corrected chi connectivity index (χ1v) is 44.8. The van der Waals surface area contributed by atoms with E-state index in [0.29, 0.717) is 51.4 Å². The number of hydrogen-bond donors (Lipinski definition) is 19. The van der Waals surface area contributed by atoms with Gasteiger partial charge in [-0.3, -0.25) is 81.9 Å². The van der Waals surface area contributed by atoms with Gasteiger partial charge in [-0.15, -0.1) is 0 Å². The third kappa shape index (κ3) is 37.2. The number of aliphatic carboxylic acids is 9. The molecule has 3 fully saturated rings. The van der Waals surface area contributed by atoms with Gasteiger partial charge in [-0.2, -0.15) is 0 Å². The van der Waals surface area contributed by atoms with Crippen LogP contribution in [-0.4, -0.2) is 313 Å². The van der Waals surface area contributed by atoms with Crippen LogP contribution in [0, 0.1) is 23.7 Å². The summed E-state index contributed by atoms with van der Waals surface area (Å²) >= 11 is 0. The van der Waals surface area contributed by atoms with E-state index in [-0.39, 0.29) is 171 Å². The molecule has 1 unspecified atom stereocenters. The molecule has 5 aromatic rings. The molecule has 2 saturated carbocycles. The van der Waals surface area contributed by atoms with Crippen LogP contribution in [0.2, 0.25) is 0 Å². The summed E-state index contributed by atoms with van der Waals surface area (Å²) < 4.78 is 0. The zero-order valence-corrected chi connectivity index (χ0v) is 74.3. The number of carboxylic acid groups (broad SMARTS) is 9. The Kier molecular flexibility index (Phi) is 42.4. The van der Waals surface area contributed by atoms with Gasteiger partial charge >= 0.3 is 65.8 Å². The monoisotopic (exact) mass is 1870 g/mol. The molecule has 726 valence electrons. The quantitative estimate of drug-likeness (QED) is 0.0196. The zero-order valence-electron chi connectivity index (χ0n) is 74.3. The average molecular weight is 1870 g/mol. The predicted octanol–water partition coefficient (Wildman–Crippen LogP) is 3.45. The summed E-state index contributed by atoms with van der Waals surface area (Å²) in [6.45, 7) is -1.14. The van der Waals surface area contributed by atoms with Crippen molar-refractivity contribution < 1.29 is 137 Å². The molecule has 6 atom stereocenters. The Morgan fingerprint density at radius 2 is 0.664 bits per heavy atom. The number of amides is 10. The second kappa shape index (κ2) is 53.8. The summed E-state index contributed by atoms with van der Waals surface area (Å²) in [4.78, 5) is 251. The van der Waals surface area contributed by atoms with Crippen LogP contribution in [-0.2, 0) is 84.8 Å². The van der Waals surface area contributed by atoms with Gasteiger partial charge in [-0.05, 0) is 165 Å². The van der Waals surface area contributed by atoms with Crippen molar-refractivity contribution in [3.63, 3.8) is 0 Å². The number of nitrogens with one attached hydrogen (secondary N) is 10. The summed E-state index contributed by atoms with van der Waals surface area (Å²) in [5, 5.41) is 115. The van der Waals surface area contributed by atoms with E-state index in [4.69, 9.17) is 10.2 Å². The number of nitrogens with zero attached hydrogens (tertiary/aromatic N) is 4. The molecule has 1 aliphatic heterocycles. The Balaban J connectivity index is 0.928. The van der Waals surface area contributed by atoms with Crippen molar-refractivity contribution in [3.8, 4) is 0 Å². The van der Waals surface area contributed by atoms with Crippen molar-refractivity contribution >= 4 is 140 Å². The molecule has 19 N–H and O–H groups in total. The van der Waals surface area contributed by atoms with Crippen molar-refractivity contribution in [3.05, 3.63) is 125 Å². The predicted molar refractivity (Wildman–Crippen MR) is 481 cm³/mol. The highest BCUT2D eigenvalue weighted by Gasteiger charge is 2.36. The summed E-state index contributed by atoms with van der Waals surface area (Å²) in [6, 6.07) is 19.9. The van der Waals surface area contributed by atoms with Crippen LogP contribution < -0.4 is 53.2 Å². The van der Waals surface area contributed by atoms with Gasteiger partial charge in [0.1, 0.15) is 36.3 Å². The topological polar surface area (TPSA) is 640 Å². The first kappa shape index (κ1) is 106. The lowest BCUT2D eigenvalue weighted by molar-refractivity contribution is -0.142. The van der Waals surface area contributed by atoms with E-state index in [9.17, 15) is 127 Å². The largest absolute Gasteiger partial charge is 0.481 e. The van der Waals surface area contributed by atoms with Crippen LogP contribution in [0.3, 0.4) is 0 Å². The third-order valence-electron chi connectivity index (χ3n) is 24.0. The number of hydrogen-bond acceptors (Lipinski definition) is 23. The number of benzene rings is 5. The van der Waals surface area contributed by atoms with Crippen LogP contribution in [0.25, 0.3) is 21.5 Å². The standard InChI is InChI=1S/C92H120N14O28/c107-74(45-55-15-23-61(24-16-55)83(121)97-72(43-57-19-21-59-9-1-3-11-63(59)41-57)85(123)93-31-7-5-13-68(87(125)126)99-91(133)101-70(89(129)130)27-29-78(111)112)65-47-66(49-67(48-65)96-76(109)50-95-77(110)51-103-33-35-104(52-80(115)116)37-39-106(54-82(119)120)40-38-105(36-34-103)53-81(117)118)75(108)46-56-17-25-62(26-18-56)84(122)98-73(44-58-20-22-60-10-2-4-12-64(60)42-58)86(124)94-32-8-6-14-69(88(127)128)100-92(134)102-71(90(131)132)28-30-79(113)114/h1-4,9-12,19-22,41-42,47-49,55-56,61-62,68-73H,5-8,13-18,23-40,43-46,50-54H2,(H,93,123)(H,94,124)(H,95,110)(H,96,109)(H,97,121)(H,98,122)(H,111,112)(H,113,114)(H,115,116)(H,117,118)(H,119,120)(H,125,126)(H,127,128)(H,129,130)(H,131,132)(H2,99,101,133)(H2,100,102,134)/t55?,56?,61?,62?,68-,69?,70-,71-,72-,73-/m0/s1. The van der Waals surface area contributed by atoms with Gasteiger partial charge in [0.15, 0.2) is 11.6 Å². The summed E-state index contributed by atoms with van der Waals surface area (Å²) in [5.74, 6) is -17.9. The highest BCUT2D eigenvalue weighted by atomic mass is 16.4. The lowest BCUT2D eigenvalue weighted by atomic mass is 9.78. The maximum absolute atomic E-state index is 14.8. The highest BCUT2D eigenvalue weighted by molar-refractivity contribution is 6.05. The molecule has 0 radical (unpaired) electrons. The molecule has 0 spiro atoms. The average Bonchev–Trinajstić information content (AvgIpc) is 0.839. The van der Waals surface area contributed by atoms with Gasteiger partial charge in [0, 0.05) is 133 Å². The van der Waals surface area contributed by atoms with Crippen LogP contribution in [0.5, 0.6) is 0 Å². The highest BCUT2D eigenvalue weighted by Crippen LogP contribution is 2.35. The van der Waals surface area contributed by atoms with Crippen LogP contribution in [0.15, 0.2) is 103 Å². The van der Waals surface area contributed by atoms with E-state index >= 15 is 0 Å². The van der Waals surface area contributed by atoms with Crippen molar-refractivity contribution in [2.75, 3.05) is 103 Å². The molecule has 10 amide bonds. The molecule has 2 aliphatic carbocycles. The van der Waals surface area contributed by atoms with E-state index in [2.05, 4.69) is 53.2 Å². The molecular formula is C92H120N14O28. The SMILES string of the molecule is O=C(O)CC[C@H](NC(=O)NC(CCCCNC(=O)[C@H](Cc1ccc2ccccc2c1)NC(=O)C1CCC(CC(=O)c2cc(NC(=O)CNC(=O)CN3CCN(CC(=O)O)CCN(CC(=O)O)CCN(CC(=O)O)CC3)cc(C(=O)CC3CCC(C(=O)N[C@@H](Cc4ccc5ccccc5c4)C(=O)NCCCC[C@H](NC(=O)N[C@@H](CCC(=O)O)C(=O)O)C(=O)O)CC3)c2)CC1)C(=O)O)C(=O)O. The summed E-state index contributed by atoms with van der Waals surface area (Å²) in [7, 11) is 0. The molecular weight excluding hydrogens is 1750 g/mol. The Morgan fingerprint density at radius 3 is 1.00 bits per heavy atom. The number of rotatable bonds is 51. The second-order valence-corrected chi connectivity index (χ2v) is 34.2. The minimum absolute atomic E-state index is 0.0152. The van der Waals surface area contributed by atoms with Crippen LogP contribution in [0.1, 0.15) is 160 Å². The first-order valence-electron chi connectivity index (χ1n) is 44.8. The molecule has 0 aromatic heterocycles. The molecule has 134 heavy (non-hydrogen) atoms. The van der Waals surface area contributed by atoms with Gasteiger partial charge < -0.3 is 99.1 Å². The number of carboxylic acids is 9. The van der Waals surface area contributed by atoms with E-state index in [1.165, 1.54) is 18.2 Å². The van der Waals surface area contributed by atoms with Gasteiger partial charge in [0.05, 0.1) is 32.7 Å². The number of fused-ring (bicyclic) bond motifs is 2. The molecule has 3 aliphatic rings. The maximum Gasteiger partial charge on any atom is 0.326 e. The summed E-state index contributed by atoms with van der Waals surface area (Å²) in [5.41, 5.74) is 1.56. The Hall–Kier alpha value is -13.6. The van der Waals surface area contributed by atoms with Crippen molar-refractivity contribution in [2.45, 2.75) is 178 Å². The number of ketones is 2. The zero-order chi connectivity index (χ0) is 97.5. The number of carbonyl (C=O) groups excluding carboxylic acids is 10. The molecule has 1 heterocycles. The summed E-state index contributed by atoms with van der Waals surface area (Å²) in [6.07, 6.45) is 1.06. The number of unbranched alkanes of at least 4 members (excludes halogenated alkanes) is 2. The fraction of sp³-hybridized carbons (Fsp3) is 0.511. The fourth-order valence-electron chi connectivity index (χ4n) is 16.6. The van der Waals surface area contributed by atoms with E-state index in [1.807, 2.05) is 84.9 Å². The molecule has 0 bridgehead atoms. The Bertz CT molecular complexity index is 4740. The van der Waals surface area contributed by atoms with Crippen molar-refractivity contribution in [2.24, 2.45) is 23.7 Å². The molecule has 8 rings (SSSR count). The number of urea groups is 2. The van der Waals surface area contributed by atoms with E-state index in [1.54, 1.807) is 19.6 Å². The minimum Gasteiger partial charge on any atom is -0.481 e. The molecule has 5 aromatic carbocycles. The third-order valence-corrected chi connectivity index (χ3v) is 24.0. The normalized spacial score (nSPS) is 17.8. The van der Waals surface area contributed by atoms with Gasteiger partial charge in [0.2, 0.25) is 35.4 Å². The lowest BCUT2D eigenvalue weighted by Crippen LogP contribution is -2.51. The lowest BCUT2D eigenvalue weighted by Gasteiger charge is -2.32. The molecule has 42 nitrogen and oxygen atoms in total. The number of Topliss-reactive ketones (excluding diaryl/α,β-unsaturated/α-hetero) is 2. The fourth-order valence-corrected chi connectivity index (χ4v) is 16.6. The number of anilines is 1. The van der Waals surface area contributed by atoms with Gasteiger partial charge in [-0.25, -0.2) is 28.8 Å². The smallest absolute Gasteiger partial charge is 0.326 e. The van der Waals surface area contributed by atoms with Crippen LogP contribution in [0.4, 0.5) is 15.3 Å². The molecule has 42 heteroatoms. The van der Waals surface area contributed by atoms with Crippen LogP contribution >= 0.6 is 0 Å². The van der Waals surface area contributed by atoms with E-state index in [0.717, 1.165) is 32.7 Å². The van der Waals surface area contributed by atoms with Gasteiger partial charge in [-0.1, -0.05) is 84.9 Å². The maximum atomic E-state index is 14.8. The minimum atomic E-state index is -1.61. The van der Waals surface area contributed by atoms with E-state index < -0.39 is 206 Å². The van der Waals surface area contributed by atoms with Crippen molar-refractivity contribution in [1.29, 1.82) is 0 Å². The van der Waals surface area contributed by atoms with Gasteiger partial charge in [0.25, 0.3) is 0 Å². The second-order valence-electron chi connectivity index (χ2n) is 34.2. The Morgan fingerprint density at radius 1 is 0.328 bits per heavy atom. The van der Waals surface area contributed by atoms with Crippen molar-refractivity contribution in [1.82, 2.24) is 67.5 Å². The first-order chi connectivity index (χ1) is 63.9.